The molecule has 1 N–H and O–H groups in total. The van der Waals surface area contributed by atoms with Gasteiger partial charge in [-0.05, 0) is 31.4 Å². The van der Waals surface area contributed by atoms with Gasteiger partial charge in [0.1, 0.15) is 0 Å². The first-order valence-corrected chi connectivity index (χ1v) is 6.69. The summed E-state index contributed by atoms with van der Waals surface area (Å²) in [6.07, 6.45) is 5.63. The molecule has 3 heteroatoms. The number of carbonyl (C=O) groups is 1. The number of rotatable bonds is 7. The van der Waals surface area contributed by atoms with E-state index in [0.717, 1.165) is 30.5 Å². The van der Waals surface area contributed by atoms with Gasteiger partial charge in [0.05, 0.1) is 5.41 Å². The van der Waals surface area contributed by atoms with Gasteiger partial charge in [-0.25, -0.2) is 0 Å². The molecule has 0 radical (unpaired) electrons. The number of hydrogen-bond acceptors (Lipinski definition) is 2. The highest BCUT2D eigenvalue weighted by atomic mass is 16.4. The van der Waals surface area contributed by atoms with E-state index in [0.29, 0.717) is 12.8 Å². The van der Waals surface area contributed by atoms with E-state index in [-0.39, 0.29) is 0 Å². The molecule has 1 aromatic rings. The number of nitrogens with zero attached hydrogens (tertiary/aromatic N) is 1. The molecule has 1 rings (SSSR count). The summed E-state index contributed by atoms with van der Waals surface area (Å²) in [4.78, 5) is 16.0. The van der Waals surface area contributed by atoms with Crippen molar-refractivity contribution in [2.75, 3.05) is 0 Å². The Kier molecular flexibility index (Phi) is 5.32. The number of aryl methyl sites for hydroxylation is 1. The number of unbranched alkanes of at least 4 members (excludes halogenated alkanes) is 1. The molecule has 0 bridgehead atoms. The second-order valence-corrected chi connectivity index (χ2v) is 4.99. The van der Waals surface area contributed by atoms with Gasteiger partial charge < -0.3 is 5.11 Å². The Balaban J connectivity index is 2.97. The maximum Gasteiger partial charge on any atom is 0.310 e. The molecule has 0 saturated heterocycles. The zero-order chi connectivity index (χ0) is 13.6. The van der Waals surface area contributed by atoms with Crippen LogP contribution in [0.4, 0.5) is 0 Å². The highest BCUT2D eigenvalue weighted by molar-refractivity contribution is 5.75. The van der Waals surface area contributed by atoms with Crippen LogP contribution in [-0.2, 0) is 11.2 Å². The van der Waals surface area contributed by atoms with Crippen molar-refractivity contribution in [2.45, 2.75) is 52.9 Å². The molecular formula is C15H23NO2. The fraction of sp³-hybridized carbons (Fsp3) is 0.600. The minimum atomic E-state index is -0.691. The molecule has 0 saturated carbocycles. The monoisotopic (exact) mass is 249 g/mol. The maximum atomic E-state index is 11.6. The van der Waals surface area contributed by atoms with Crippen LogP contribution in [0.25, 0.3) is 0 Å². The smallest absolute Gasteiger partial charge is 0.310 e. The van der Waals surface area contributed by atoms with Gasteiger partial charge in [0.15, 0.2) is 0 Å². The molecule has 1 aromatic heterocycles. The zero-order valence-corrected chi connectivity index (χ0v) is 11.6. The van der Waals surface area contributed by atoms with Crippen molar-refractivity contribution in [3.05, 3.63) is 29.6 Å². The van der Waals surface area contributed by atoms with E-state index in [1.54, 1.807) is 6.20 Å². The normalized spacial score (nSPS) is 14.2. The lowest BCUT2D eigenvalue weighted by Crippen LogP contribution is -2.33. The van der Waals surface area contributed by atoms with Gasteiger partial charge in [0, 0.05) is 18.3 Å². The molecule has 0 amide bonds. The molecule has 0 aliphatic carbocycles. The SMILES string of the molecule is CCCCC(CC)(Cc1ncccc1C)C(=O)O. The van der Waals surface area contributed by atoms with Crippen LogP contribution in [-0.4, -0.2) is 16.1 Å². The third-order valence-electron chi connectivity index (χ3n) is 3.76. The molecule has 0 aliphatic rings. The third-order valence-corrected chi connectivity index (χ3v) is 3.76. The van der Waals surface area contributed by atoms with E-state index in [9.17, 15) is 9.90 Å². The lowest BCUT2D eigenvalue weighted by molar-refractivity contribution is -0.149. The number of carboxylic acids is 1. The van der Waals surface area contributed by atoms with Crippen molar-refractivity contribution in [2.24, 2.45) is 5.41 Å². The van der Waals surface area contributed by atoms with E-state index < -0.39 is 11.4 Å². The Morgan fingerprint density at radius 2 is 2.17 bits per heavy atom. The largest absolute Gasteiger partial charge is 0.481 e. The predicted octanol–water partition coefficient (Wildman–Crippen LogP) is 3.60. The molecular weight excluding hydrogens is 226 g/mol. The van der Waals surface area contributed by atoms with Crippen LogP contribution in [0.15, 0.2) is 18.3 Å². The minimum Gasteiger partial charge on any atom is -0.481 e. The number of aliphatic carboxylic acids is 1. The summed E-state index contributed by atoms with van der Waals surface area (Å²) < 4.78 is 0. The van der Waals surface area contributed by atoms with Gasteiger partial charge in [-0.1, -0.05) is 32.8 Å². The fourth-order valence-corrected chi connectivity index (χ4v) is 2.26. The average Bonchev–Trinajstić information content (AvgIpc) is 2.36. The topological polar surface area (TPSA) is 50.2 Å². The lowest BCUT2D eigenvalue weighted by atomic mass is 9.76. The van der Waals surface area contributed by atoms with E-state index in [1.165, 1.54) is 0 Å². The first kappa shape index (κ1) is 14.7. The summed E-state index contributed by atoms with van der Waals surface area (Å²) in [5.41, 5.74) is 1.33. The van der Waals surface area contributed by atoms with Crippen LogP contribution in [0.5, 0.6) is 0 Å². The summed E-state index contributed by atoms with van der Waals surface area (Å²) in [6, 6.07) is 3.88. The first-order valence-electron chi connectivity index (χ1n) is 6.69. The molecule has 0 fully saturated rings. The molecule has 0 spiro atoms. The van der Waals surface area contributed by atoms with E-state index >= 15 is 0 Å². The first-order chi connectivity index (χ1) is 8.55. The highest BCUT2D eigenvalue weighted by Crippen LogP contribution is 2.33. The zero-order valence-electron chi connectivity index (χ0n) is 11.6. The maximum absolute atomic E-state index is 11.6. The highest BCUT2D eigenvalue weighted by Gasteiger charge is 2.36. The van der Waals surface area contributed by atoms with Crippen molar-refractivity contribution in [1.82, 2.24) is 4.98 Å². The van der Waals surface area contributed by atoms with Gasteiger partial charge >= 0.3 is 5.97 Å². The molecule has 0 aliphatic heterocycles. The number of pyridine rings is 1. The number of aromatic nitrogens is 1. The van der Waals surface area contributed by atoms with Crippen molar-refractivity contribution < 1.29 is 9.90 Å². The Morgan fingerprint density at radius 3 is 2.67 bits per heavy atom. The van der Waals surface area contributed by atoms with Crippen molar-refractivity contribution >= 4 is 5.97 Å². The van der Waals surface area contributed by atoms with E-state index in [2.05, 4.69) is 11.9 Å². The quantitative estimate of drug-likeness (QED) is 0.803. The summed E-state index contributed by atoms with van der Waals surface area (Å²) in [7, 11) is 0. The molecule has 1 heterocycles. The van der Waals surface area contributed by atoms with Crippen LogP contribution < -0.4 is 0 Å². The summed E-state index contributed by atoms with van der Waals surface area (Å²) in [5.74, 6) is -0.691. The van der Waals surface area contributed by atoms with Crippen LogP contribution in [0, 0.1) is 12.3 Å². The number of hydrogen-bond donors (Lipinski definition) is 1. The molecule has 1 atom stereocenters. The molecule has 100 valence electrons. The third kappa shape index (κ3) is 3.31. The average molecular weight is 249 g/mol. The van der Waals surface area contributed by atoms with Crippen LogP contribution in [0.3, 0.4) is 0 Å². The van der Waals surface area contributed by atoms with Crippen LogP contribution in [0.2, 0.25) is 0 Å². The van der Waals surface area contributed by atoms with Crippen LogP contribution in [0.1, 0.15) is 50.8 Å². The molecule has 1 unspecified atom stereocenters. The van der Waals surface area contributed by atoms with Crippen molar-refractivity contribution in [3.8, 4) is 0 Å². The standard InChI is InChI=1S/C15H23NO2/c1-4-6-9-15(5-2,14(17)18)11-13-12(3)8-7-10-16-13/h7-8,10H,4-6,9,11H2,1-3H3,(H,17,18). The van der Waals surface area contributed by atoms with Gasteiger partial charge in [0.25, 0.3) is 0 Å². The van der Waals surface area contributed by atoms with E-state index in [1.807, 2.05) is 26.0 Å². The molecule has 0 aromatic carbocycles. The van der Waals surface area contributed by atoms with Crippen molar-refractivity contribution in [1.29, 1.82) is 0 Å². The van der Waals surface area contributed by atoms with E-state index in [4.69, 9.17) is 0 Å². The second-order valence-electron chi connectivity index (χ2n) is 4.99. The Bertz CT molecular complexity index is 403. The second kappa shape index (κ2) is 6.53. The van der Waals surface area contributed by atoms with Gasteiger partial charge in [-0.2, -0.15) is 0 Å². The predicted molar refractivity (Wildman–Crippen MR) is 72.6 cm³/mol. The Labute approximate surface area is 109 Å². The minimum absolute atomic E-state index is 0.533. The Hall–Kier alpha value is -1.38. The fourth-order valence-electron chi connectivity index (χ4n) is 2.26. The summed E-state index contributed by atoms with van der Waals surface area (Å²) in [5, 5.41) is 9.57. The summed E-state index contributed by atoms with van der Waals surface area (Å²) >= 11 is 0. The lowest BCUT2D eigenvalue weighted by Gasteiger charge is -2.28. The van der Waals surface area contributed by atoms with Crippen molar-refractivity contribution in [3.63, 3.8) is 0 Å². The Morgan fingerprint density at radius 1 is 1.44 bits per heavy atom. The summed E-state index contributed by atoms with van der Waals surface area (Å²) in [6.45, 7) is 6.04. The van der Waals surface area contributed by atoms with Gasteiger partial charge in [0.2, 0.25) is 0 Å². The van der Waals surface area contributed by atoms with Gasteiger partial charge in [-0.15, -0.1) is 0 Å². The van der Waals surface area contributed by atoms with Gasteiger partial charge in [-0.3, -0.25) is 9.78 Å². The number of carboxylic acid groups (broad SMARTS) is 1. The molecule has 18 heavy (non-hydrogen) atoms. The molecule has 3 nitrogen and oxygen atoms in total. The van der Waals surface area contributed by atoms with Crippen LogP contribution >= 0.6 is 0 Å².